The van der Waals surface area contributed by atoms with E-state index in [1.165, 1.54) is 0 Å². The fourth-order valence-electron chi connectivity index (χ4n) is 2.69. The average molecular weight is 291 g/mol. The Morgan fingerprint density at radius 3 is 2.23 bits per heavy atom. The highest BCUT2D eigenvalue weighted by Crippen LogP contribution is 2.27. The summed E-state index contributed by atoms with van der Waals surface area (Å²) in [7, 11) is 0. The molecule has 0 unspecified atom stereocenters. The van der Waals surface area contributed by atoms with Gasteiger partial charge in [-0.2, -0.15) is 0 Å². The van der Waals surface area contributed by atoms with E-state index in [2.05, 4.69) is 0 Å². The smallest absolute Gasteiger partial charge is 0.258 e. The quantitative estimate of drug-likeness (QED) is 0.687. The Labute approximate surface area is 128 Å². The Morgan fingerprint density at radius 1 is 1.00 bits per heavy atom. The van der Waals surface area contributed by atoms with Crippen molar-refractivity contribution < 1.29 is 4.79 Å². The molecule has 0 bridgehead atoms. The van der Waals surface area contributed by atoms with Gasteiger partial charge in [0.25, 0.3) is 5.56 Å². The molecule has 0 atom stereocenters. The Morgan fingerprint density at radius 2 is 1.64 bits per heavy atom. The molecule has 1 heterocycles. The Hall–Kier alpha value is -2.68. The van der Waals surface area contributed by atoms with E-state index in [0.29, 0.717) is 12.1 Å². The first-order valence-corrected chi connectivity index (χ1v) is 7.35. The van der Waals surface area contributed by atoms with E-state index in [9.17, 15) is 9.59 Å². The van der Waals surface area contributed by atoms with Crippen LogP contribution < -0.4 is 5.56 Å². The first kappa shape index (κ1) is 14.3. The molecule has 22 heavy (non-hydrogen) atoms. The zero-order chi connectivity index (χ0) is 15.7. The van der Waals surface area contributed by atoms with Gasteiger partial charge in [0.2, 0.25) is 0 Å². The number of hydrogen-bond acceptors (Lipinski definition) is 2. The lowest BCUT2D eigenvalue weighted by atomic mass is 9.99. The van der Waals surface area contributed by atoms with Crippen molar-refractivity contribution >= 4 is 16.6 Å². The predicted molar refractivity (Wildman–Crippen MR) is 89.3 cm³/mol. The summed E-state index contributed by atoms with van der Waals surface area (Å²) in [4.78, 5) is 23.8. The summed E-state index contributed by atoms with van der Waals surface area (Å²) in [6.45, 7) is 4.14. The number of hydrogen-bond donors (Lipinski definition) is 0. The van der Waals surface area contributed by atoms with E-state index in [4.69, 9.17) is 0 Å². The third-order valence-electron chi connectivity index (χ3n) is 3.94. The molecule has 1 aromatic heterocycles. The van der Waals surface area contributed by atoms with E-state index in [0.717, 1.165) is 21.9 Å². The molecule has 3 rings (SSSR count). The standard InChI is InChI=1S/C19H17NO2/c1-3-20-12-18(15-10-8-14(9-11-15)13(2)21)16-6-4-5-7-17(16)19(20)22/h4-12H,3H2,1-2H3. The summed E-state index contributed by atoms with van der Waals surface area (Å²) in [6.07, 6.45) is 1.90. The largest absolute Gasteiger partial charge is 0.315 e. The summed E-state index contributed by atoms with van der Waals surface area (Å²) >= 11 is 0. The zero-order valence-electron chi connectivity index (χ0n) is 12.7. The minimum absolute atomic E-state index is 0.0298. The van der Waals surface area contributed by atoms with Crippen LogP contribution >= 0.6 is 0 Å². The van der Waals surface area contributed by atoms with E-state index in [1.54, 1.807) is 11.5 Å². The molecule has 0 spiro atoms. The van der Waals surface area contributed by atoms with Crippen LogP contribution in [0.5, 0.6) is 0 Å². The minimum atomic E-state index is 0.0298. The molecule has 0 saturated heterocycles. The topological polar surface area (TPSA) is 39.1 Å². The number of aromatic nitrogens is 1. The molecule has 0 aliphatic heterocycles. The zero-order valence-corrected chi connectivity index (χ0v) is 12.7. The molecule has 0 aliphatic carbocycles. The number of fused-ring (bicyclic) bond motifs is 1. The van der Waals surface area contributed by atoms with Gasteiger partial charge in [0.05, 0.1) is 0 Å². The molecule has 0 fully saturated rings. The SMILES string of the molecule is CCn1cc(-c2ccc(C(C)=O)cc2)c2ccccc2c1=O. The highest BCUT2D eigenvalue weighted by Gasteiger charge is 2.10. The van der Waals surface area contributed by atoms with Crippen molar-refractivity contribution in [2.24, 2.45) is 0 Å². The second kappa shape index (κ2) is 5.60. The second-order valence-electron chi connectivity index (χ2n) is 5.31. The molecule has 3 nitrogen and oxygen atoms in total. The van der Waals surface area contributed by atoms with Crippen molar-refractivity contribution in [2.45, 2.75) is 20.4 Å². The molecule has 2 aromatic carbocycles. The van der Waals surface area contributed by atoms with Crippen molar-refractivity contribution in [2.75, 3.05) is 0 Å². The van der Waals surface area contributed by atoms with Gasteiger partial charge >= 0.3 is 0 Å². The summed E-state index contributed by atoms with van der Waals surface area (Å²) in [6, 6.07) is 15.2. The van der Waals surface area contributed by atoms with Gasteiger partial charge in [-0.25, -0.2) is 0 Å². The number of carbonyl (C=O) groups excluding carboxylic acids is 1. The maximum atomic E-state index is 12.4. The van der Waals surface area contributed by atoms with Crippen molar-refractivity contribution in [1.29, 1.82) is 0 Å². The average Bonchev–Trinajstić information content (AvgIpc) is 2.55. The minimum Gasteiger partial charge on any atom is -0.315 e. The van der Waals surface area contributed by atoms with Gasteiger partial charge in [-0.3, -0.25) is 9.59 Å². The molecule has 0 amide bonds. The van der Waals surface area contributed by atoms with Crippen molar-refractivity contribution in [3.8, 4) is 11.1 Å². The van der Waals surface area contributed by atoms with Crippen LogP contribution in [0.25, 0.3) is 21.9 Å². The van der Waals surface area contributed by atoms with Crippen molar-refractivity contribution in [3.05, 3.63) is 70.6 Å². The molecule has 110 valence electrons. The Bertz CT molecular complexity index is 905. The predicted octanol–water partition coefficient (Wildman–Crippen LogP) is 3.89. The van der Waals surface area contributed by atoms with Gasteiger partial charge < -0.3 is 4.57 Å². The number of aryl methyl sites for hydroxylation is 1. The van der Waals surface area contributed by atoms with Gasteiger partial charge in [-0.05, 0) is 30.9 Å². The number of rotatable bonds is 3. The highest BCUT2D eigenvalue weighted by atomic mass is 16.1. The monoisotopic (exact) mass is 291 g/mol. The van der Waals surface area contributed by atoms with Crippen LogP contribution in [0.3, 0.4) is 0 Å². The highest BCUT2D eigenvalue weighted by molar-refractivity contribution is 5.97. The molecule has 0 N–H and O–H groups in total. The lowest BCUT2D eigenvalue weighted by Gasteiger charge is -2.11. The van der Waals surface area contributed by atoms with Crippen molar-refractivity contribution in [3.63, 3.8) is 0 Å². The van der Waals surface area contributed by atoms with Gasteiger partial charge in [0.15, 0.2) is 5.78 Å². The van der Waals surface area contributed by atoms with E-state index >= 15 is 0 Å². The Kier molecular flexibility index (Phi) is 3.63. The molecular weight excluding hydrogens is 274 g/mol. The van der Waals surface area contributed by atoms with Gasteiger partial charge in [-0.15, -0.1) is 0 Å². The molecule has 0 saturated carbocycles. The fraction of sp³-hybridized carbons (Fsp3) is 0.158. The fourth-order valence-corrected chi connectivity index (χ4v) is 2.69. The van der Waals surface area contributed by atoms with Crippen LogP contribution in [0.15, 0.2) is 59.5 Å². The maximum absolute atomic E-state index is 12.4. The third-order valence-corrected chi connectivity index (χ3v) is 3.94. The van der Waals surface area contributed by atoms with E-state index in [1.807, 2.05) is 61.7 Å². The van der Waals surface area contributed by atoms with E-state index < -0.39 is 0 Å². The molecule has 3 heteroatoms. The molecule has 0 aliphatic rings. The van der Waals surface area contributed by atoms with Crippen LogP contribution in [0.4, 0.5) is 0 Å². The first-order valence-electron chi connectivity index (χ1n) is 7.35. The molecule has 3 aromatic rings. The summed E-state index contributed by atoms with van der Waals surface area (Å²) in [5, 5.41) is 1.66. The van der Waals surface area contributed by atoms with Gasteiger partial charge in [-0.1, -0.05) is 42.5 Å². The first-order chi connectivity index (χ1) is 10.6. The molecule has 0 radical (unpaired) electrons. The number of Topliss-reactive ketones (excluding diaryl/α,β-unsaturated/α-hetero) is 1. The normalized spacial score (nSPS) is 10.8. The second-order valence-corrected chi connectivity index (χ2v) is 5.31. The van der Waals surface area contributed by atoms with Crippen LogP contribution in [0, 0.1) is 0 Å². The number of carbonyl (C=O) groups is 1. The maximum Gasteiger partial charge on any atom is 0.258 e. The third kappa shape index (κ3) is 2.35. The van der Waals surface area contributed by atoms with Crippen LogP contribution in [-0.4, -0.2) is 10.4 Å². The number of pyridine rings is 1. The van der Waals surface area contributed by atoms with Gasteiger partial charge in [0, 0.05) is 29.3 Å². The van der Waals surface area contributed by atoms with Crippen LogP contribution in [0.2, 0.25) is 0 Å². The molecular formula is C19H17NO2. The lowest BCUT2D eigenvalue weighted by molar-refractivity contribution is 0.101. The summed E-state index contributed by atoms with van der Waals surface area (Å²) in [5.74, 6) is 0.0509. The Balaban J connectivity index is 2.28. The number of benzene rings is 2. The van der Waals surface area contributed by atoms with E-state index in [-0.39, 0.29) is 11.3 Å². The number of ketones is 1. The van der Waals surface area contributed by atoms with Crippen LogP contribution in [-0.2, 0) is 6.54 Å². The van der Waals surface area contributed by atoms with Gasteiger partial charge in [0.1, 0.15) is 0 Å². The lowest BCUT2D eigenvalue weighted by Crippen LogP contribution is -2.19. The summed E-state index contributed by atoms with van der Waals surface area (Å²) in [5.41, 5.74) is 2.73. The summed E-state index contributed by atoms with van der Waals surface area (Å²) < 4.78 is 1.72. The van der Waals surface area contributed by atoms with Crippen molar-refractivity contribution in [1.82, 2.24) is 4.57 Å². The van der Waals surface area contributed by atoms with Crippen LogP contribution in [0.1, 0.15) is 24.2 Å². The number of nitrogens with zero attached hydrogens (tertiary/aromatic N) is 1.